The second kappa shape index (κ2) is 6.99. The maximum atomic E-state index is 12.2. The molecule has 0 spiro atoms. The highest BCUT2D eigenvalue weighted by molar-refractivity contribution is 8.00. The number of nitrogens with two attached hydrogens (primary N) is 1. The third kappa shape index (κ3) is 4.15. The fourth-order valence-corrected chi connectivity index (χ4v) is 3.25. The maximum Gasteiger partial charge on any atom is 0.232 e. The minimum absolute atomic E-state index is 0.148. The third-order valence-electron chi connectivity index (χ3n) is 3.75. The molecule has 1 heterocycles. The molecule has 3 N–H and O–H groups in total. The van der Waals surface area contributed by atoms with Crippen LogP contribution in [0, 0.1) is 5.92 Å². The molecule has 0 saturated carbocycles. The minimum atomic E-state index is 0.148. The van der Waals surface area contributed by atoms with E-state index in [1.54, 1.807) is 12.1 Å². The number of hydrogen-bond donors (Lipinski definition) is 2. The molecule has 2 rings (SSSR count). The smallest absolute Gasteiger partial charge is 0.232 e. The van der Waals surface area contributed by atoms with E-state index < -0.39 is 0 Å². The first kappa shape index (κ1) is 15.2. The van der Waals surface area contributed by atoms with E-state index in [2.05, 4.69) is 0 Å². The summed E-state index contributed by atoms with van der Waals surface area (Å²) < 4.78 is 0. The van der Waals surface area contributed by atoms with Crippen LogP contribution in [-0.4, -0.2) is 40.8 Å². The number of aromatic hydroxyl groups is 1. The average Bonchev–Trinajstić information content (AvgIpc) is 2.46. The average molecular weight is 294 g/mol. The van der Waals surface area contributed by atoms with Crippen LogP contribution < -0.4 is 5.73 Å². The van der Waals surface area contributed by atoms with Crippen LogP contribution in [0.3, 0.4) is 0 Å². The fraction of sp³-hybridized carbons (Fsp3) is 0.533. The Morgan fingerprint density at radius 3 is 2.85 bits per heavy atom. The normalized spacial score (nSPS) is 20.7. The molecule has 0 bridgehead atoms. The van der Waals surface area contributed by atoms with E-state index in [4.69, 9.17) is 5.73 Å². The van der Waals surface area contributed by atoms with E-state index in [9.17, 15) is 9.90 Å². The van der Waals surface area contributed by atoms with Crippen molar-refractivity contribution in [3.8, 4) is 5.75 Å². The largest absolute Gasteiger partial charge is 0.508 e. The molecule has 1 aromatic rings. The van der Waals surface area contributed by atoms with Crippen molar-refractivity contribution in [2.45, 2.75) is 30.7 Å². The highest BCUT2D eigenvalue weighted by Crippen LogP contribution is 2.23. The second-order valence-electron chi connectivity index (χ2n) is 5.38. The van der Waals surface area contributed by atoms with E-state index in [0.717, 1.165) is 30.8 Å². The predicted octanol–water partition coefficient (Wildman–Crippen LogP) is 2.07. The predicted molar refractivity (Wildman–Crippen MR) is 81.8 cm³/mol. The van der Waals surface area contributed by atoms with Gasteiger partial charge in [0.05, 0.1) is 5.75 Å². The number of thioether (sulfide) groups is 1. The Morgan fingerprint density at radius 2 is 2.20 bits per heavy atom. The van der Waals surface area contributed by atoms with Crippen molar-refractivity contribution in [1.82, 2.24) is 4.90 Å². The van der Waals surface area contributed by atoms with Crippen LogP contribution in [0.5, 0.6) is 5.75 Å². The standard InChI is InChI=1S/C15H22N2O2S/c1-11(16)12-3-2-8-17(9-12)15(19)10-20-14-6-4-13(18)5-7-14/h4-7,11-12,18H,2-3,8-10,16H2,1H3. The Kier molecular flexibility index (Phi) is 5.31. The molecule has 110 valence electrons. The molecule has 0 aliphatic carbocycles. The van der Waals surface area contributed by atoms with Crippen LogP contribution in [0.4, 0.5) is 0 Å². The Labute approximate surface area is 124 Å². The van der Waals surface area contributed by atoms with Gasteiger partial charge in [-0.2, -0.15) is 0 Å². The molecule has 2 unspecified atom stereocenters. The van der Waals surface area contributed by atoms with Gasteiger partial charge in [-0.3, -0.25) is 4.79 Å². The molecule has 5 heteroatoms. The highest BCUT2D eigenvalue weighted by Gasteiger charge is 2.25. The first-order chi connectivity index (χ1) is 9.56. The number of benzene rings is 1. The summed E-state index contributed by atoms with van der Waals surface area (Å²) in [6.07, 6.45) is 2.16. The summed E-state index contributed by atoms with van der Waals surface area (Å²) in [5, 5.41) is 9.22. The van der Waals surface area contributed by atoms with Gasteiger partial charge in [-0.05, 0) is 49.9 Å². The minimum Gasteiger partial charge on any atom is -0.508 e. The zero-order valence-electron chi connectivity index (χ0n) is 11.8. The van der Waals surface area contributed by atoms with Gasteiger partial charge in [0.1, 0.15) is 5.75 Å². The number of carbonyl (C=O) groups is 1. The maximum absolute atomic E-state index is 12.2. The molecular weight excluding hydrogens is 272 g/mol. The lowest BCUT2D eigenvalue weighted by atomic mass is 9.92. The highest BCUT2D eigenvalue weighted by atomic mass is 32.2. The Morgan fingerprint density at radius 1 is 1.50 bits per heavy atom. The first-order valence-corrected chi connectivity index (χ1v) is 8.00. The summed E-state index contributed by atoms with van der Waals surface area (Å²) in [4.78, 5) is 15.2. The lowest BCUT2D eigenvalue weighted by Crippen LogP contribution is -2.45. The Balaban J connectivity index is 1.83. The topological polar surface area (TPSA) is 66.6 Å². The zero-order chi connectivity index (χ0) is 14.5. The van der Waals surface area contributed by atoms with E-state index in [-0.39, 0.29) is 17.7 Å². The van der Waals surface area contributed by atoms with Crippen molar-refractivity contribution < 1.29 is 9.90 Å². The van der Waals surface area contributed by atoms with Gasteiger partial charge in [-0.15, -0.1) is 11.8 Å². The van der Waals surface area contributed by atoms with Crippen molar-refractivity contribution in [3.05, 3.63) is 24.3 Å². The number of nitrogens with zero attached hydrogens (tertiary/aromatic N) is 1. The summed E-state index contributed by atoms with van der Waals surface area (Å²) in [5.41, 5.74) is 5.94. The van der Waals surface area contributed by atoms with Gasteiger partial charge in [-0.1, -0.05) is 0 Å². The van der Waals surface area contributed by atoms with Gasteiger partial charge in [0.25, 0.3) is 0 Å². The molecule has 1 amide bonds. The van der Waals surface area contributed by atoms with E-state index in [0.29, 0.717) is 11.7 Å². The number of hydrogen-bond acceptors (Lipinski definition) is 4. The van der Waals surface area contributed by atoms with Crippen LogP contribution in [0.25, 0.3) is 0 Å². The van der Waals surface area contributed by atoms with Gasteiger partial charge in [-0.25, -0.2) is 0 Å². The van der Waals surface area contributed by atoms with Crippen LogP contribution in [0.2, 0.25) is 0 Å². The number of carbonyl (C=O) groups excluding carboxylic acids is 1. The van der Waals surface area contributed by atoms with Crippen molar-refractivity contribution in [3.63, 3.8) is 0 Å². The fourth-order valence-electron chi connectivity index (χ4n) is 2.44. The SMILES string of the molecule is CC(N)C1CCCN(C(=O)CSc2ccc(O)cc2)C1. The molecule has 1 aliphatic heterocycles. The van der Waals surface area contributed by atoms with E-state index in [1.807, 2.05) is 24.0 Å². The van der Waals surface area contributed by atoms with Gasteiger partial charge in [0.15, 0.2) is 0 Å². The molecule has 0 aromatic heterocycles. The van der Waals surface area contributed by atoms with Crippen molar-refractivity contribution in [1.29, 1.82) is 0 Å². The Bertz CT molecular complexity index is 448. The molecule has 2 atom stereocenters. The molecule has 20 heavy (non-hydrogen) atoms. The van der Waals surface area contributed by atoms with Crippen LogP contribution in [-0.2, 0) is 4.79 Å². The lowest BCUT2D eigenvalue weighted by Gasteiger charge is -2.34. The molecule has 1 aliphatic rings. The Hall–Kier alpha value is -1.20. The molecular formula is C15H22N2O2S. The number of rotatable bonds is 4. The third-order valence-corrected chi connectivity index (χ3v) is 4.75. The van der Waals surface area contributed by atoms with Crippen LogP contribution in [0.15, 0.2) is 29.2 Å². The van der Waals surface area contributed by atoms with E-state index >= 15 is 0 Å². The quantitative estimate of drug-likeness (QED) is 0.834. The summed E-state index contributed by atoms with van der Waals surface area (Å²) in [5.74, 6) is 1.28. The van der Waals surface area contributed by atoms with Gasteiger partial charge >= 0.3 is 0 Å². The zero-order valence-corrected chi connectivity index (χ0v) is 12.6. The number of phenolic OH excluding ortho intramolecular Hbond substituents is 1. The summed E-state index contributed by atoms with van der Waals surface area (Å²) in [6.45, 7) is 3.65. The van der Waals surface area contributed by atoms with Crippen molar-refractivity contribution in [2.75, 3.05) is 18.8 Å². The molecule has 1 saturated heterocycles. The molecule has 1 aromatic carbocycles. The number of phenols is 1. The summed E-state index contributed by atoms with van der Waals surface area (Å²) >= 11 is 1.51. The van der Waals surface area contributed by atoms with Gasteiger partial charge in [0.2, 0.25) is 5.91 Å². The lowest BCUT2D eigenvalue weighted by molar-refractivity contribution is -0.130. The van der Waals surface area contributed by atoms with Crippen LogP contribution >= 0.6 is 11.8 Å². The van der Waals surface area contributed by atoms with E-state index in [1.165, 1.54) is 11.8 Å². The number of amides is 1. The molecule has 0 radical (unpaired) electrons. The van der Waals surface area contributed by atoms with Crippen molar-refractivity contribution >= 4 is 17.7 Å². The first-order valence-electron chi connectivity index (χ1n) is 7.01. The number of piperidine rings is 1. The number of likely N-dealkylation sites (tertiary alicyclic amines) is 1. The summed E-state index contributed by atoms with van der Waals surface area (Å²) in [6, 6.07) is 7.08. The molecule has 4 nitrogen and oxygen atoms in total. The van der Waals surface area contributed by atoms with Gasteiger partial charge in [0, 0.05) is 24.0 Å². The van der Waals surface area contributed by atoms with Crippen molar-refractivity contribution in [2.24, 2.45) is 11.7 Å². The molecule has 1 fully saturated rings. The second-order valence-corrected chi connectivity index (χ2v) is 6.43. The van der Waals surface area contributed by atoms with Crippen LogP contribution in [0.1, 0.15) is 19.8 Å². The monoisotopic (exact) mass is 294 g/mol. The summed E-state index contributed by atoms with van der Waals surface area (Å²) in [7, 11) is 0. The van der Waals surface area contributed by atoms with Gasteiger partial charge < -0.3 is 15.7 Å².